The largest absolute Gasteiger partial charge is 0.488 e. The SMILES string of the molecule is CC(C)(C)C(COc1ccccc1F)NC(=O)c1ccc(NC(=O)c2ccco2)s1. The number of amides is 2. The average Bonchev–Trinajstić information content (AvgIpc) is 3.37. The number of rotatable bonds is 7. The van der Waals surface area contributed by atoms with E-state index < -0.39 is 5.82 Å². The molecule has 0 radical (unpaired) electrons. The predicted octanol–water partition coefficient (Wildman–Crippen LogP) is 4.96. The highest BCUT2D eigenvalue weighted by atomic mass is 32.1. The van der Waals surface area contributed by atoms with E-state index in [4.69, 9.17) is 9.15 Å². The lowest BCUT2D eigenvalue weighted by molar-refractivity contribution is 0.0864. The number of para-hydroxylation sites is 1. The number of hydrogen-bond donors (Lipinski definition) is 2. The van der Waals surface area contributed by atoms with Crippen molar-refractivity contribution in [3.8, 4) is 5.75 Å². The summed E-state index contributed by atoms with van der Waals surface area (Å²) >= 11 is 1.15. The van der Waals surface area contributed by atoms with E-state index in [9.17, 15) is 14.0 Å². The highest BCUT2D eigenvalue weighted by Crippen LogP contribution is 2.25. The van der Waals surface area contributed by atoms with Crippen molar-refractivity contribution in [2.45, 2.75) is 26.8 Å². The topological polar surface area (TPSA) is 80.6 Å². The zero-order chi connectivity index (χ0) is 21.7. The summed E-state index contributed by atoms with van der Waals surface area (Å²) in [5, 5.41) is 6.17. The molecule has 2 amide bonds. The molecule has 1 atom stereocenters. The summed E-state index contributed by atoms with van der Waals surface area (Å²) in [5.41, 5.74) is -0.325. The zero-order valence-electron chi connectivity index (χ0n) is 16.9. The van der Waals surface area contributed by atoms with Gasteiger partial charge in [-0.2, -0.15) is 0 Å². The molecule has 2 heterocycles. The van der Waals surface area contributed by atoms with Crippen LogP contribution in [0.4, 0.5) is 9.39 Å². The summed E-state index contributed by atoms with van der Waals surface area (Å²) in [6.07, 6.45) is 1.41. The molecule has 0 aliphatic heterocycles. The second-order valence-electron chi connectivity index (χ2n) is 7.73. The predicted molar refractivity (Wildman–Crippen MR) is 114 cm³/mol. The van der Waals surface area contributed by atoms with Crippen molar-refractivity contribution in [2.24, 2.45) is 5.41 Å². The van der Waals surface area contributed by atoms with Crippen molar-refractivity contribution >= 4 is 28.2 Å². The van der Waals surface area contributed by atoms with E-state index in [0.29, 0.717) is 9.88 Å². The minimum Gasteiger partial charge on any atom is -0.488 e. The Kier molecular flexibility index (Phi) is 6.56. The quantitative estimate of drug-likeness (QED) is 0.555. The van der Waals surface area contributed by atoms with Crippen molar-refractivity contribution < 1.29 is 23.1 Å². The molecular weight excluding hydrogens is 407 g/mol. The molecule has 1 unspecified atom stereocenters. The maximum Gasteiger partial charge on any atom is 0.291 e. The first-order valence-corrected chi connectivity index (χ1v) is 10.2. The van der Waals surface area contributed by atoms with E-state index >= 15 is 0 Å². The number of ether oxygens (including phenoxy) is 1. The molecule has 3 rings (SSSR count). The molecule has 0 saturated carbocycles. The fourth-order valence-corrected chi connectivity index (χ4v) is 3.39. The Morgan fingerprint density at radius 1 is 1.10 bits per heavy atom. The molecule has 0 bridgehead atoms. The van der Waals surface area contributed by atoms with E-state index in [2.05, 4.69) is 10.6 Å². The van der Waals surface area contributed by atoms with Crippen LogP contribution >= 0.6 is 11.3 Å². The van der Waals surface area contributed by atoms with Crippen LogP contribution in [-0.2, 0) is 0 Å². The summed E-state index contributed by atoms with van der Waals surface area (Å²) in [4.78, 5) is 25.2. The lowest BCUT2D eigenvalue weighted by Crippen LogP contribution is -2.47. The minimum atomic E-state index is -0.452. The Morgan fingerprint density at radius 2 is 1.87 bits per heavy atom. The lowest BCUT2D eigenvalue weighted by atomic mass is 9.87. The molecule has 30 heavy (non-hydrogen) atoms. The Morgan fingerprint density at radius 3 is 2.53 bits per heavy atom. The van der Waals surface area contributed by atoms with Crippen LogP contribution in [-0.4, -0.2) is 24.5 Å². The lowest BCUT2D eigenvalue weighted by Gasteiger charge is -2.31. The van der Waals surface area contributed by atoms with Gasteiger partial charge in [-0.1, -0.05) is 32.9 Å². The number of furan rings is 1. The van der Waals surface area contributed by atoms with Crippen LogP contribution in [0.15, 0.2) is 59.2 Å². The first-order chi connectivity index (χ1) is 14.2. The van der Waals surface area contributed by atoms with Crippen LogP contribution in [0.1, 0.15) is 41.0 Å². The van der Waals surface area contributed by atoms with E-state index in [1.165, 1.54) is 12.3 Å². The molecular formula is C22H23FN2O4S. The van der Waals surface area contributed by atoms with Crippen molar-refractivity contribution in [1.29, 1.82) is 0 Å². The van der Waals surface area contributed by atoms with Crippen molar-refractivity contribution in [2.75, 3.05) is 11.9 Å². The monoisotopic (exact) mass is 430 g/mol. The van der Waals surface area contributed by atoms with Crippen LogP contribution in [0.25, 0.3) is 0 Å². The van der Waals surface area contributed by atoms with Crippen molar-refractivity contribution in [1.82, 2.24) is 5.32 Å². The minimum absolute atomic E-state index is 0.115. The fraction of sp³-hybridized carbons (Fsp3) is 0.273. The third-order valence-corrected chi connectivity index (χ3v) is 5.40. The molecule has 0 saturated heterocycles. The van der Waals surface area contributed by atoms with Gasteiger partial charge in [-0.25, -0.2) is 4.39 Å². The second kappa shape index (κ2) is 9.13. The summed E-state index contributed by atoms with van der Waals surface area (Å²) in [6.45, 7) is 6.01. The third kappa shape index (κ3) is 5.48. The van der Waals surface area contributed by atoms with Gasteiger partial charge < -0.3 is 19.8 Å². The molecule has 8 heteroatoms. The summed E-state index contributed by atoms with van der Waals surface area (Å²) in [5.74, 6) is -0.811. The molecule has 1 aromatic carbocycles. The number of benzene rings is 1. The maximum absolute atomic E-state index is 13.8. The molecule has 0 aliphatic rings. The van der Waals surface area contributed by atoms with Gasteiger partial charge in [0.05, 0.1) is 22.2 Å². The summed E-state index contributed by atoms with van der Waals surface area (Å²) < 4.78 is 24.5. The van der Waals surface area contributed by atoms with Gasteiger partial charge in [0.2, 0.25) is 0 Å². The second-order valence-corrected chi connectivity index (χ2v) is 8.81. The van der Waals surface area contributed by atoms with E-state index in [1.807, 2.05) is 20.8 Å². The van der Waals surface area contributed by atoms with Crippen LogP contribution in [0, 0.1) is 11.2 Å². The van der Waals surface area contributed by atoms with Gasteiger partial charge in [-0.15, -0.1) is 11.3 Å². The standard InChI is InChI=1S/C22H23FN2O4S/c1-22(2,3)18(13-29-15-8-5-4-7-14(15)23)24-21(27)17-10-11-19(30-17)25-20(26)16-9-6-12-28-16/h4-12,18H,13H2,1-3H3,(H,24,27)(H,25,26). The van der Waals surface area contributed by atoms with Gasteiger partial charge >= 0.3 is 0 Å². The van der Waals surface area contributed by atoms with Crippen LogP contribution < -0.4 is 15.4 Å². The summed E-state index contributed by atoms with van der Waals surface area (Å²) in [6, 6.07) is 12.2. The Bertz CT molecular complexity index is 1010. The van der Waals surface area contributed by atoms with Crippen LogP contribution in [0.5, 0.6) is 5.75 Å². The molecule has 0 fully saturated rings. The number of hydrogen-bond acceptors (Lipinski definition) is 5. The Labute approximate surface area is 178 Å². The van der Waals surface area contributed by atoms with Gasteiger partial charge in [-0.05, 0) is 41.8 Å². The van der Waals surface area contributed by atoms with Gasteiger partial charge in [0.1, 0.15) is 6.61 Å². The number of carbonyl (C=O) groups excluding carboxylic acids is 2. The molecule has 2 aromatic heterocycles. The number of thiophene rings is 1. The normalized spacial score (nSPS) is 12.3. The highest BCUT2D eigenvalue weighted by molar-refractivity contribution is 7.18. The van der Waals surface area contributed by atoms with Crippen molar-refractivity contribution in [3.63, 3.8) is 0 Å². The number of halogens is 1. The molecule has 158 valence electrons. The smallest absolute Gasteiger partial charge is 0.291 e. The van der Waals surface area contributed by atoms with Crippen LogP contribution in [0.2, 0.25) is 0 Å². The first-order valence-electron chi connectivity index (χ1n) is 9.37. The molecule has 2 N–H and O–H groups in total. The molecule has 6 nitrogen and oxygen atoms in total. The molecule has 0 aliphatic carbocycles. The van der Waals surface area contributed by atoms with E-state index in [-0.39, 0.29) is 41.4 Å². The highest BCUT2D eigenvalue weighted by Gasteiger charge is 2.28. The number of anilines is 1. The maximum atomic E-state index is 13.8. The van der Waals surface area contributed by atoms with Gasteiger partial charge in [0.25, 0.3) is 11.8 Å². The van der Waals surface area contributed by atoms with E-state index in [0.717, 1.165) is 11.3 Å². The Hall–Kier alpha value is -3.13. The summed E-state index contributed by atoms with van der Waals surface area (Å²) in [7, 11) is 0. The first kappa shape index (κ1) is 21.6. The third-order valence-electron chi connectivity index (χ3n) is 4.40. The van der Waals surface area contributed by atoms with E-state index in [1.54, 1.807) is 42.5 Å². The van der Waals surface area contributed by atoms with Gasteiger partial charge in [-0.3, -0.25) is 9.59 Å². The van der Waals surface area contributed by atoms with Crippen LogP contribution in [0.3, 0.4) is 0 Å². The number of carbonyl (C=O) groups is 2. The van der Waals surface area contributed by atoms with Gasteiger partial charge in [0, 0.05) is 0 Å². The average molecular weight is 431 g/mol. The van der Waals surface area contributed by atoms with Crippen molar-refractivity contribution in [3.05, 3.63) is 71.2 Å². The fourth-order valence-electron chi connectivity index (χ4n) is 2.58. The zero-order valence-corrected chi connectivity index (χ0v) is 17.7. The molecule has 3 aromatic rings. The van der Waals surface area contributed by atoms with Gasteiger partial charge in [0.15, 0.2) is 17.3 Å². The number of nitrogens with one attached hydrogen (secondary N) is 2. The Balaban J connectivity index is 1.63. The molecule has 0 spiro atoms.